The maximum absolute atomic E-state index is 6.05. The highest BCUT2D eigenvalue weighted by Gasteiger charge is 2.35. The van der Waals surface area contributed by atoms with Gasteiger partial charge < -0.3 is 18.9 Å². The number of fused-ring (bicyclic) bond motifs is 1. The van der Waals surface area contributed by atoms with Gasteiger partial charge >= 0.3 is 0 Å². The van der Waals surface area contributed by atoms with Crippen molar-refractivity contribution in [3.05, 3.63) is 54.1 Å². The van der Waals surface area contributed by atoms with E-state index in [0.717, 1.165) is 74.8 Å². The van der Waals surface area contributed by atoms with E-state index in [0.29, 0.717) is 0 Å². The molecule has 170 valence electrons. The molecule has 0 saturated carbocycles. The van der Waals surface area contributed by atoms with Crippen LogP contribution in [0, 0.1) is 6.92 Å². The van der Waals surface area contributed by atoms with Crippen molar-refractivity contribution in [3.63, 3.8) is 0 Å². The number of pyridine rings is 1. The monoisotopic (exact) mass is 434 g/mol. The SMILES string of the molecule is Cc1nc2cnccc2n1CC1(c2ccc(OCCCN3CCCC3)cc2)CCOCC1. The third-order valence-electron chi connectivity index (χ3n) is 7.20. The molecule has 2 fully saturated rings. The van der Waals surface area contributed by atoms with Crippen molar-refractivity contribution in [1.82, 2.24) is 19.4 Å². The van der Waals surface area contributed by atoms with Crippen LogP contribution < -0.4 is 4.74 Å². The van der Waals surface area contributed by atoms with Crippen molar-refractivity contribution >= 4 is 11.0 Å². The van der Waals surface area contributed by atoms with Gasteiger partial charge in [0.2, 0.25) is 0 Å². The van der Waals surface area contributed by atoms with E-state index in [9.17, 15) is 0 Å². The van der Waals surface area contributed by atoms with Gasteiger partial charge in [0, 0.05) is 37.9 Å². The van der Waals surface area contributed by atoms with Crippen LogP contribution in [0.15, 0.2) is 42.7 Å². The maximum Gasteiger partial charge on any atom is 0.119 e. The van der Waals surface area contributed by atoms with Crippen LogP contribution in [0.4, 0.5) is 0 Å². The first-order chi connectivity index (χ1) is 15.7. The molecule has 0 aliphatic carbocycles. The molecule has 0 atom stereocenters. The quantitative estimate of drug-likeness (QED) is 0.493. The van der Waals surface area contributed by atoms with Gasteiger partial charge in [-0.25, -0.2) is 4.98 Å². The Morgan fingerprint density at radius 1 is 1.06 bits per heavy atom. The van der Waals surface area contributed by atoms with Crippen LogP contribution in [0.3, 0.4) is 0 Å². The minimum atomic E-state index is 0.0359. The second-order valence-corrected chi connectivity index (χ2v) is 9.28. The highest BCUT2D eigenvalue weighted by Crippen LogP contribution is 2.38. The fourth-order valence-corrected chi connectivity index (χ4v) is 5.29. The highest BCUT2D eigenvalue weighted by molar-refractivity contribution is 5.74. The molecule has 2 aliphatic rings. The number of benzene rings is 1. The van der Waals surface area contributed by atoms with Crippen molar-refractivity contribution in [2.45, 2.75) is 51.0 Å². The highest BCUT2D eigenvalue weighted by atomic mass is 16.5. The normalized spacial score (nSPS) is 18.9. The van der Waals surface area contributed by atoms with E-state index < -0.39 is 0 Å². The predicted molar refractivity (Wildman–Crippen MR) is 126 cm³/mol. The Bertz CT molecular complexity index is 1020. The van der Waals surface area contributed by atoms with E-state index in [2.05, 4.69) is 51.7 Å². The lowest BCUT2D eigenvalue weighted by Crippen LogP contribution is -2.38. The van der Waals surface area contributed by atoms with E-state index in [1.54, 1.807) is 0 Å². The fourth-order valence-electron chi connectivity index (χ4n) is 5.29. The van der Waals surface area contributed by atoms with Gasteiger partial charge in [-0.3, -0.25) is 4.98 Å². The van der Waals surface area contributed by atoms with E-state index in [-0.39, 0.29) is 5.41 Å². The summed E-state index contributed by atoms with van der Waals surface area (Å²) in [6.07, 6.45) is 9.50. The van der Waals surface area contributed by atoms with Crippen molar-refractivity contribution in [3.8, 4) is 5.75 Å². The summed E-state index contributed by atoms with van der Waals surface area (Å²) in [5, 5.41) is 0. The predicted octanol–water partition coefficient (Wildman–Crippen LogP) is 4.35. The molecule has 6 nitrogen and oxygen atoms in total. The largest absolute Gasteiger partial charge is 0.494 e. The Labute approximate surface area is 190 Å². The lowest BCUT2D eigenvalue weighted by Gasteiger charge is -2.38. The Morgan fingerprint density at radius 3 is 2.62 bits per heavy atom. The van der Waals surface area contributed by atoms with Gasteiger partial charge in [0.05, 0.1) is 18.3 Å². The number of hydrogen-bond donors (Lipinski definition) is 0. The molecule has 0 amide bonds. The Kier molecular flexibility index (Phi) is 6.42. The fraction of sp³-hybridized carbons (Fsp3) is 0.538. The summed E-state index contributed by atoms with van der Waals surface area (Å²) in [4.78, 5) is 11.5. The van der Waals surface area contributed by atoms with Gasteiger partial charge in [-0.05, 0) is 75.9 Å². The minimum Gasteiger partial charge on any atom is -0.494 e. The molecule has 0 N–H and O–H groups in total. The summed E-state index contributed by atoms with van der Waals surface area (Å²) < 4.78 is 14.2. The number of ether oxygens (including phenoxy) is 2. The van der Waals surface area contributed by atoms with Crippen LogP contribution in [-0.2, 0) is 16.7 Å². The molecule has 1 aromatic carbocycles. The topological polar surface area (TPSA) is 52.4 Å². The molecular weight excluding hydrogens is 400 g/mol. The third kappa shape index (κ3) is 4.52. The lowest BCUT2D eigenvalue weighted by atomic mass is 9.74. The number of aryl methyl sites for hydroxylation is 1. The van der Waals surface area contributed by atoms with E-state index in [1.165, 1.54) is 31.5 Å². The molecule has 5 rings (SSSR count). The van der Waals surface area contributed by atoms with Crippen molar-refractivity contribution < 1.29 is 9.47 Å². The molecule has 0 spiro atoms. The van der Waals surface area contributed by atoms with E-state index in [1.807, 2.05) is 12.4 Å². The van der Waals surface area contributed by atoms with Crippen molar-refractivity contribution in [1.29, 1.82) is 0 Å². The second kappa shape index (κ2) is 9.59. The molecule has 2 saturated heterocycles. The first-order valence-corrected chi connectivity index (χ1v) is 12.0. The maximum atomic E-state index is 6.05. The zero-order valence-corrected chi connectivity index (χ0v) is 19.1. The zero-order chi connectivity index (χ0) is 21.8. The average Bonchev–Trinajstić information content (AvgIpc) is 3.46. The van der Waals surface area contributed by atoms with Gasteiger partial charge in [0.1, 0.15) is 17.1 Å². The second-order valence-electron chi connectivity index (χ2n) is 9.28. The molecular formula is C26H34N4O2. The molecule has 0 unspecified atom stereocenters. The summed E-state index contributed by atoms with van der Waals surface area (Å²) in [6, 6.07) is 10.9. The minimum absolute atomic E-state index is 0.0359. The first kappa shape index (κ1) is 21.4. The molecule has 6 heteroatoms. The van der Waals surface area contributed by atoms with Crippen LogP contribution in [0.2, 0.25) is 0 Å². The van der Waals surface area contributed by atoms with Crippen LogP contribution in [0.25, 0.3) is 11.0 Å². The first-order valence-electron chi connectivity index (χ1n) is 12.0. The summed E-state index contributed by atoms with van der Waals surface area (Å²) >= 11 is 0. The Balaban J connectivity index is 1.30. The van der Waals surface area contributed by atoms with Crippen LogP contribution in [0.5, 0.6) is 5.75 Å². The van der Waals surface area contributed by atoms with Crippen LogP contribution >= 0.6 is 0 Å². The van der Waals surface area contributed by atoms with Crippen LogP contribution in [-0.4, -0.2) is 58.9 Å². The van der Waals surface area contributed by atoms with Crippen molar-refractivity contribution in [2.24, 2.45) is 0 Å². The molecule has 32 heavy (non-hydrogen) atoms. The van der Waals surface area contributed by atoms with Gasteiger partial charge in [-0.1, -0.05) is 12.1 Å². The molecule has 0 bridgehead atoms. The van der Waals surface area contributed by atoms with Gasteiger partial charge in [0.15, 0.2) is 0 Å². The van der Waals surface area contributed by atoms with Crippen molar-refractivity contribution in [2.75, 3.05) is 39.5 Å². The zero-order valence-electron chi connectivity index (χ0n) is 19.1. The van der Waals surface area contributed by atoms with E-state index in [4.69, 9.17) is 14.5 Å². The number of rotatable bonds is 8. The molecule has 2 aromatic heterocycles. The van der Waals surface area contributed by atoms with Gasteiger partial charge in [0.25, 0.3) is 0 Å². The smallest absolute Gasteiger partial charge is 0.119 e. The number of imidazole rings is 1. The molecule has 0 radical (unpaired) electrons. The average molecular weight is 435 g/mol. The van der Waals surface area contributed by atoms with Crippen LogP contribution in [0.1, 0.15) is 43.5 Å². The summed E-state index contributed by atoms with van der Waals surface area (Å²) in [6.45, 7) is 9.01. The molecule has 3 aromatic rings. The Hall–Kier alpha value is -2.44. The van der Waals surface area contributed by atoms with E-state index >= 15 is 0 Å². The number of aromatic nitrogens is 3. The van der Waals surface area contributed by atoms with Gasteiger partial charge in [-0.2, -0.15) is 0 Å². The molecule has 4 heterocycles. The lowest BCUT2D eigenvalue weighted by molar-refractivity contribution is 0.0436. The number of hydrogen-bond acceptors (Lipinski definition) is 5. The Morgan fingerprint density at radius 2 is 1.84 bits per heavy atom. The number of nitrogens with zero attached hydrogens (tertiary/aromatic N) is 4. The summed E-state index contributed by atoms with van der Waals surface area (Å²) in [5.74, 6) is 2.00. The third-order valence-corrected chi connectivity index (χ3v) is 7.20. The standard InChI is InChI=1S/C26H34N4O2/c1-21-28-24-19-27-12-9-25(24)30(21)20-26(10-17-31-18-11-26)22-5-7-23(8-6-22)32-16-4-15-29-13-2-3-14-29/h5-9,12,19H,2-4,10-11,13-18,20H2,1H3. The summed E-state index contributed by atoms with van der Waals surface area (Å²) in [7, 11) is 0. The van der Waals surface area contributed by atoms with Gasteiger partial charge in [-0.15, -0.1) is 0 Å². The number of likely N-dealkylation sites (tertiary alicyclic amines) is 1. The summed E-state index contributed by atoms with van der Waals surface area (Å²) in [5.41, 5.74) is 3.51. The molecule has 2 aliphatic heterocycles.